The fourth-order valence-electron chi connectivity index (χ4n) is 1.10. The van der Waals surface area contributed by atoms with Crippen molar-refractivity contribution in [2.24, 2.45) is 5.73 Å². The van der Waals surface area contributed by atoms with Crippen molar-refractivity contribution >= 4 is 11.4 Å². The summed E-state index contributed by atoms with van der Waals surface area (Å²) in [5.74, 6) is 0. The molecular weight excluding hydrogens is 241 g/mol. The largest absolute Gasteiger partial charge is 0.433 e. The molecule has 0 fully saturated rings. The summed E-state index contributed by atoms with van der Waals surface area (Å²) in [6, 6.07) is 0.591. The molecule has 9 heteroatoms. The lowest BCUT2D eigenvalue weighted by atomic mass is 10.2. The Morgan fingerprint density at radius 1 is 1.53 bits per heavy atom. The van der Waals surface area contributed by atoms with Crippen molar-refractivity contribution in [2.45, 2.75) is 6.18 Å². The van der Waals surface area contributed by atoms with Crippen LogP contribution in [0.5, 0.6) is 0 Å². The van der Waals surface area contributed by atoms with Gasteiger partial charge in [-0.15, -0.1) is 0 Å². The Hall–Kier alpha value is -1.90. The maximum absolute atomic E-state index is 12.3. The summed E-state index contributed by atoms with van der Waals surface area (Å²) in [5.41, 5.74) is 3.19. The minimum absolute atomic E-state index is 0.127. The summed E-state index contributed by atoms with van der Waals surface area (Å²) >= 11 is 0. The van der Waals surface area contributed by atoms with Crippen LogP contribution in [0.3, 0.4) is 0 Å². The maximum Gasteiger partial charge on any atom is 0.433 e. The van der Waals surface area contributed by atoms with E-state index in [-0.39, 0.29) is 18.8 Å². The van der Waals surface area contributed by atoms with Crippen molar-refractivity contribution in [3.05, 3.63) is 28.1 Å². The lowest BCUT2D eigenvalue weighted by molar-refractivity contribution is -0.384. The summed E-state index contributed by atoms with van der Waals surface area (Å²) in [6.07, 6.45) is -4.07. The van der Waals surface area contributed by atoms with E-state index in [0.29, 0.717) is 12.3 Å². The molecule has 0 spiro atoms. The standard InChI is InChI=1S/C8H9F3N4O2/c9-8(10,11)7-3-5(13-2-1-12)6(4-14-7)15(16)17/h3-4H,1-2,12H2,(H,13,14). The second-order valence-electron chi connectivity index (χ2n) is 3.06. The van der Waals surface area contributed by atoms with Crippen molar-refractivity contribution < 1.29 is 18.1 Å². The highest BCUT2D eigenvalue weighted by Gasteiger charge is 2.34. The number of pyridine rings is 1. The van der Waals surface area contributed by atoms with Crippen molar-refractivity contribution in [3.63, 3.8) is 0 Å². The molecule has 0 radical (unpaired) electrons. The van der Waals surface area contributed by atoms with Gasteiger partial charge in [0.2, 0.25) is 0 Å². The highest BCUT2D eigenvalue weighted by Crippen LogP contribution is 2.32. The van der Waals surface area contributed by atoms with E-state index in [4.69, 9.17) is 5.73 Å². The third kappa shape index (κ3) is 3.28. The average Bonchev–Trinajstić information content (AvgIpc) is 2.24. The fraction of sp³-hybridized carbons (Fsp3) is 0.375. The number of nitrogens with one attached hydrogen (secondary N) is 1. The van der Waals surface area contributed by atoms with Gasteiger partial charge in [-0.2, -0.15) is 13.2 Å². The average molecular weight is 250 g/mol. The van der Waals surface area contributed by atoms with Gasteiger partial charge in [-0.1, -0.05) is 0 Å². The van der Waals surface area contributed by atoms with Gasteiger partial charge < -0.3 is 11.1 Å². The van der Waals surface area contributed by atoms with Gasteiger partial charge in [-0.05, 0) is 6.07 Å². The minimum Gasteiger partial charge on any atom is -0.378 e. The van der Waals surface area contributed by atoms with E-state index in [9.17, 15) is 23.3 Å². The van der Waals surface area contributed by atoms with E-state index < -0.39 is 22.5 Å². The van der Waals surface area contributed by atoms with Gasteiger partial charge in [0.1, 0.15) is 17.6 Å². The molecule has 0 amide bonds. The van der Waals surface area contributed by atoms with Gasteiger partial charge in [0.05, 0.1) is 4.92 Å². The highest BCUT2D eigenvalue weighted by molar-refractivity contribution is 5.61. The molecule has 94 valence electrons. The second kappa shape index (κ2) is 4.95. The highest BCUT2D eigenvalue weighted by atomic mass is 19.4. The molecule has 0 aliphatic rings. The molecule has 0 saturated heterocycles. The lowest BCUT2D eigenvalue weighted by Crippen LogP contribution is -2.15. The number of hydrogen-bond acceptors (Lipinski definition) is 5. The molecule has 1 aromatic rings. The smallest absolute Gasteiger partial charge is 0.378 e. The van der Waals surface area contributed by atoms with Gasteiger partial charge in [-0.3, -0.25) is 10.1 Å². The maximum atomic E-state index is 12.3. The molecule has 6 nitrogen and oxygen atoms in total. The summed E-state index contributed by atoms with van der Waals surface area (Å²) in [6.45, 7) is 0.267. The normalized spacial score (nSPS) is 11.3. The Bertz CT molecular complexity index is 422. The molecule has 0 aliphatic heterocycles. The zero-order chi connectivity index (χ0) is 13.1. The predicted molar refractivity (Wildman–Crippen MR) is 53.4 cm³/mol. The molecule has 0 saturated carbocycles. The zero-order valence-corrected chi connectivity index (χ0v) is 8.49. The number of anilines is 1. The molecule has 3 N–H and O–H groups in total. The van der Waals surface area contributed by atoms with E-state index in [1.807, 2.05) is 0 Å². The van der Waals surface area contributed by atoms with Crippen LogP contribution in [0.15, 0.2) is 12.3 Å². The number of nitrogens with zero attached hydrogens (tertiary/aromatic N) is 2. The van der Waals surface area contributed by atoms with Crippen LogP contribution in [-0.4, -0.2) is 23.0 Å². The van der Waals surface area contributed by atoms with E-state index in [2.05, 4.69) is 10.3 Å². The minimum atomic E-state index is -4.64. The summed E-state index contributed by atoms with van der Waals surface area (Å²) in [7, 11) is 0. The van der Waals surface area contributed by atoms with E-state index in [1.165, 1.54) is 0 Å². The third-order valence-corrected chi connectivity index (χ3v) is 1.83. The molecule has 0 aromatic carbocycles. The first-order valence-corrected chi connectivity index (χ1v) is 4.52. The number of nitro groups is 1. The van der Waals surface area contributed by atoms with Gasteiger partial charge in [0.15, 0.2) is 0 Å². The van der Waals surface area contributed by atoms with Gasteiger partial charge in [0, 0.05) is 13.1 Å². The SMILES string of the molecule is NCCNc1cc(C(F)(F)F)ncc1[N+](=O)[O-]. The third-order valence-electron chi connectivity index (χ3n) is 1.83. The second-order valence-corrected chi connectivity index (χ2v) is 3.06. The van der Waals surface area contributed by atoms with Crippen LogP contribution in [0, 0.1) is 10.1 Å². The quantitative estimate of drug-likeness (QED) is 0.621. The van der Waals surface area contributed by atoms with Crippen LogP contribution in [0.25, 0.3) is 0 Å². The van der Waals surface area contributed by atoms with E-state index >= 15 is 0 Å². The molecule has 17 heavy (non-hydrogen) atoms. The number of rotatable bonds is 4. The van der Waals surface area contributed by atoms with Crippen LogP contribution in [0.4, 0.5) is 24.5 Å². The van der Waals surface area contributed by atoms with Crippen LogP contribution in [0.2, 0.25) is 0 Å². The zero-order valence-electron chi connectivity index (χ0n) is 8.49. The Labute approximate surface area is 93.8 Å². The van der Waals surface area contributed by atoms with Crippen molar-refractivity contribution in [2.75, 3.05) is 18.4 Å². The van der Waals surface area contributed by atoms with Gasteiger partial charge >= 0.3 is 11.9 Å². The van der Waals surface area contributed by atoms with Crippen molar-refractivity contribution in [1.82, 2.24) is 4.98 Å². The molecule has 0 bridgehead atoms. The number of alkyl halides is 3. The number of halogens is 3. The number of nitrogens with two attached hydrogens (primary N) is 1. The molecular formula is C8H9F3N4O2. The Morgan fingerprint density at radius 3 is 2.65 bits per heavy atom. The first-order valence-electron chi connectivity index (χ1n) is 4.52. The number of hydrogen-bond donors (Lipinski definition) is 2. The lowest BCUT2D eigenvalue weighted by Gasteiger charge is -2.09. The van der Waals surface area contributed by atoms with Crippen LogP contribution < -0.4 is 11.1 Å². The van der Waals surface area contributed by atoms with Crippen LogP contribution in [-0.2, 0) is 6.18 Å². The first kappa shape index (κ1) is 13.2. The monoisotopic (exact) mass is 250 g/mol. The molecule has 0 unspecified atom stereocenters. The molecule has 1 rings (SSSR count). The van der Waals surface area contributed by atoms with Gasteiger partial charge in [0.25, 0.3) is 0 Å². The summed E-state index contributed by atoms with van der Waals surface area (Å²) in [5, 5.41) is 13.0. The van der Waals surface area contributed by atoms with Crippen molar-refractivity contribution in [3.8, 4) is 0 Å². The van der Waals surface area contributed by atoms with Crippen molar-refractivity contribution in [1.29, 1.82) is 0 Å². The van der Waals surface area contributed by atoms with E-state index in [0.717, 1.165) is 0 Å². The van der Waals surface area contributed by atoms with E-state index in [1.54, 1.807) is 0 Å². The number of aromatic nitrogens is 1. The van der Waals surface area contributed by atoms with Crippen LogP contribution >= 0.6 is 0 Å². The Balaban J connectivity index is 3.14. The molecule has 0 atom stereocenters. The fourth-order valence-corrected chi connectivity index (χ4v) is 1.10. The molecule has 1 aromatic heterocycles. The topological polar surface area (TPSA) is 94.1 Å². The summed E-state index contributed by atoms with van der Waals surface area (Å²) < 4.78 is 37.0. The summed E-state index contributed by atoms with van der Waals surface area (Å²) in [4.78, 5) is 12.7. The Morgan fingerprint density at radius 2 is 2.18 bits per heavy atom. The predicted octanol–water partition coefficient (Wildman–Crippen LogP) is 1.38. The van der Waals surface area contributed by atoms with Crippen LogP contribution in [0.1, 0.15) is 5.69 Å². The van der Waals surface area contributed by atoms with Gasteiger partial charge in [-0.25, -0.2) is 4.98 Å². The first-order chi connectivity index (χ1) is 7.86. The Kier molecular flexibility index (Phi) is 3.84. The molecule has 1 heterocycles. The molecule has 0 aliphatic carbocycles.